The van der Waals surface area contributed by atoms with Gasteiger partial charge >= 0.3 is 0 Å². The summed E-state index contributed by atoms with van der Waals surface area (Å²) in [6.45, 7) is 0. The Labute approximate surface area is 259 Å². The highest BCUT2D eigenvalue weighted by Crippen LogP contribution is 2.44. The van der Waals surface area contributed by atoms with Gasteiger partial charge in [0.25, 0.3) is 0 Å². The molecular weight excluding hydrogens is 480 g/mol. The Hall–Kier alpha value is -5.20. The first-order chi connectivity index (χ1) is 27.4. The number of hydrogen-bond donors (Lipinski definition) is 0. The zero-order valence-corrected chi connectivity index (χ0v) is 20.6. The van der Waals surface area contributed by atoms with Crippen molar-refractivity contribution < 1.29 is 24.7 Å². The van der Waals surface area contributed by atoms with Gasteiger partial charge in [0.2, 0.25) is 0 Å². The highest BCUT2D eigenvalue weighted by atomic mass is 14.2. The molecule has 40 heavy (non-hydrogen) atoms. The molecule has 0 unspecified atom stereocenters. The van der Waals surface area contributed by atoms with Gasteiger partial charge in [0.1, 0.15) is 0 Å². The largest absolute Gasteiger partial charge is 0.0636 e. The summed E-state index contributed by atoms with van der Waals surface area (Å²) in [4.78, 5) is 0. The second-order valence-corrected chi connectivity index (χ2v) is 9.09. The van der Waals surface area contributed by atoms with Crippen molar-refractivity contribution in [2.75, 3.05) is 0 Å². The van der Waals surface area contributed by atoms with Crippen LogP contribution in [0.15, 0.2) is 157 Å². The lowest BCUT2D eigenvalue weighted by Crippen LogP contribution is -1.91. The summed E-state index contributed by atoms with van der Waals surface area (Å²) in [5.41, 5.74) is -0.851. The molecule has 0 saturated carbocycles. The molecule has 186 valence electrons. The van der Waals surface area contributed by atoms with Gasteiger partial charge in [-0.15, -0.1) is 0 Å². The molecule has 8 aromatic rings. The Morgan fingerprint density at radius 1 is 0.325 bits per heavy atom. The molecule has 0 bridgehead atoms. The summed E-state index contributed by atoms with van der Waals surface area (Å²) in [7, 11) is 0. The zero-order valence-electron chi connectivity index (χ0n) is 38.6. The molecule has 0 N–H and O–H groups in total. The fourth-order valence-corrected chi connectivity index (χ4v) is 5.07. The van der Waals surface area contributed by atoms with Crippen LogP contribution in [0.5, 0.6) is 0 Å². The fraction of sp³-hybridized carbons (Fsp3) is 0. The van der Waals surface area contributed by atoms with E-state index in [-0.39, 0.29) is 38.4 Å². The zero-order chi connectivity index (χ0) is 42.1. The van der Waals surface area contributed by atoms with E-state index in [0.717, 1.165) is 0 Å². The molecule has 0 fully saturated rings. The van der Waals surface area contributed by atoms with Gasteiger partial charge in [-0.1, -0.05) is 139 Å². The maximum atomic E-state index is 9.62. The Balaban J connectivity index is 1.55. The van der Waals surface area contributed by atoms with Gasteiger partial charge in [0.05, 0.1) is 24.7 Å². The molecule has 0 aromatic heterocycles. The first-order valence-electron chi connectivity index (χ1n) is 21.4. The minimum absolute atomic E-state index is 0.108. The van der Waals surface area contributed by atoms with Gasteiger partial charge in [0, 0.05) is 0 Å². The van der Waals surface area contributed by atoms with Crippen LogP contribution in [0.4, 0.5) is 0 Å². The third-order valence-electron chi connectivity index (χ3n) is 6.81. The van der Waals surface area contributed by atoms with Crippen molar-refractivity contribution in [2.45, 2.75) is 0 Å². The molecule has 8 rings (SSSR count). The average Bonchev–Trinajstić information content (AvgIpc) is 3.21. The molecule has 0 spiro atoms. The summed E-state index contributed by atoms with van der Waals surface area (Å²) in [6.07, 6.45) is 0. The second-order valence-electron chi connectivity index (χ2n) is 9.09. The van der Waals surface area contributed by atoms with Gasteiger partial charge in [-0.3, -0.25) is 0 Å². The number of rotatable bonds is 3. The third kappa shape index (κ3) is 3.69. The molecule has 8 aromatic carbocycles. The maximum Gasteiger partial charge on any atom is 0.0636 e. The van der Waals surface area contributed by atoms with E-state index in [2.05, 4.69) is 0 Å². The van der Waals surface area contributed by atoms with Crippen molar-refractivity contribution in [1.29, 1.82) is 0 Å². The monoisotopic (exact) mass is 524 g/mol. The van der Waals surface area contributed by atoms with Crippen LogP contribution in [0, 0.1) is 0 Å². The maximum absolute atomic E-state index is 9.62. The molecular formula is C40H26. The predicted molar refractivity (Wildman–Crippen MR) is 173 cm³/mol. The normalized spacial score (nSPS) is 17.8. The van der Waals surface area contributed by atoms with Crippen molar-refractivity contribution in [1.82, 2.24) is 0 Å². The van der Waals surface area contributed by atoms with Crippen LogP contribution < -0.4 is 0 Å². The van der Waals surface area contributed by atoms with Crippen LogP contribution in [0.2, 0.25) is 0 Å². The lowest BCUT2D eigenvalue weighted by molar-refractivity contribution is 1.63. The minimum atomic E-state index is -0.718. The van der Waals surface area contributed by atoms with Gasteiger partial charge < -0.3 is 0 Å². The quantitative estimate of drug-likeness (QED) is 0.202. The van der Waals surface area contributed by atoms with Crippen molar-refractivity contribution in [3.63, 3.8) is 0 Å². The van der Waals surface area contributed by atoms with E-state index < -0.39 is 125 Å². The van der Waals surface area contributed by atoms with E-state index in [9.17, 15) is 4.11 Å². The van der Waals surface area contributed by atoms with Crippen LogP contribution >= 0.6 is 0 Å². The molecule has 0 amide bonds. The lowest BCUT2D eigenvalue weighted by atomic mass is 9.85. The van der Waals surface area contributed by atoms with E-state index in [1.54, 1.807) is 48.5 Å². The van der Waals surface area contributed by atoms with E-state index >= 15 is 0 Å². The highest BCUT2D eigenvalue weighted by molar-refractivity contribution is 6.21. The molecule has 0 aliphatic carbocycles. The molecule has 0 heterocycles. The van der Waals surface area contributed by atoms with Crippen molar-refractivity contribution in [3.05, 3.63) is 157 Å². The molecule has 0 saturated heterocycles. The fourth-order valence-electron chi connectivity index (χ4n) is 5.07. The highest BCUT2D eigenvalue weighted by Gasteiger charge is 2.17. The first kappa shape index (κ1) is 11.1. The van der Waals surface area contributed by atoms with Gasteiger partial charge in [-0.05, 0) is 94.6 Å². The third-order valence-corrected chi connectivity index (χ3v) is 6.81. The van der Waals surface area contributed by atoms with Crippen LogP contribution in [0.1, 0.15) is 24.7 Å². The smallest absolute Gasteiger partial charge is 0.0616 e. The predicted octanol–water partition coefficient (Wildman–Crippen LogP) is 11.3. The van der Waals surface area contributed by atoms with Crippen molar-refractivity contribution >= 4 is 43.1 Å². The van der Waals surface area contributed by atoms with Gasteiger partial charge in [-0.25, -0.2) is 0 Å². The number of benzene rings is 8. The number of fused-ring (bicyclic) bond motifs is 4. The molecule has 0 atom stereocenters. The Morgan fingerprint density at radius 2 is 0.725 bits per heavy atom. The standard InChI is InChI=1S/C40H26/c1-3-12-29-24-32(22-20-27(29)10-1)31-14-9-15-33(26-31)39-35-16-5-7-18-37(35)40(38-19-8-6-17-36(38)39)34-23-21-28-11-2-4-13-30(28)25-34/h1-26H/i1D,2D,3D,4D,9D,10D,11D,12D,13D,14D,15D,20D,21D,22D,23D,24D,25D,26D. The lowest BCUT2D eigenvalue weighted by Gasteiger charge is -2.18. The van der Waals surface area contributed by atoms with Crippen LogP contribution in [0.25, 0.3) is 76.5 Å². The Bertz CT molecular complexity index is 3150. The SMILES string of the molecule is [2H]c1c([2H])c(-c2c([2H])c([2H])c3c([2H])c([2H])c([2H])c([2H])c3c2[2H])c([2H])c(-c2c3ccccc3c(-c3c([2H])c([2H])c4c([2H])c([2H])c([2H])c([2H])c4c3[2H])c3ccccc23)c1[2H]. The minimum Gasteiger partial charge on any atom is -0.0616 e. The van der Waals surface area contributed by atoms with Crippen molar-refractivity contribution in [2.24, 2.45) is 0 Å². The molecule has 0 heteroatoms. The summed E-state index contributed by atoms with van der Waals surface area (Å²) in [6, 6.07) is 2.20. The summed E-state index contributed by atoms with van der Waals surface area (Å²) in [5, 5.41) is 0.0230. The summed E-state index contributed by atoms with van der Waals surface area (Å²) < 4.78 is 158. The van der Waals surface area contributed by atoms with Crippen LogP contribution in [-0.4, -0.2) is 0 Å². The van der Waals surface area contributed by atoms with E-state index in [1.807, 2.05) is 0 Å². The molecule has 0 nitrogen and oxygen atoms in total. The van der Waals surface area contributed by atoms with Gasteiger partial charge in [-0.2, -0.15) is 0 Å². The van der Waals surface area contributed by atoms with Gasteiger partial charge in [0.15, 0.2) is 0 Å². The molecule has 0 aliphatic heterocycles. The molecule has 0 radical (unpaired) electrons. The second kappa shape index (κ2) is 9.22. The van der Waals surface area contributed by atoms with Crippen LogP contribution in [-0.2, 0) is 0 Å². The van der Waals surface area contributed by atoms with Crippen LogP contribution in [0.3, 0.4) is 0 Å². The first-order valence-corrected chi connectivity index (χ1v) is 12.4. The molecule has 0 aliphatic rings. The Morgan fingerprint density at radius 3 is 1.27 bits per heavy atom. The Kier molecular flexibility index (Phi) is 2.56. The summed E-state index contributed by atoms with van der Waals surface area (Å²) >= 11 is 0. The van der Waals surface area contributed by atoms with E-state index in [4.69, 9.17) is 20.6 Å². The van der Waals surface area contributed by atoms with E-state index in [1.165, 1.54) is 0 Å². The van der Waals surface area contributed by atoms with Crippen molar-refractivity contribution in [3.8, 4) is 33.4 Å². The van der Waals surface area contributed by atoms with E-state index in [0.29, 0.717) is 21.5 Å². The average molecular weight is 525 g/mol. The summed E-state index contributed by atoms with van der Waals surface area (Å²) in [5.74, 6) is 0. The topological polar surface area (TPSA) is 0 Å². The number of hydrogen-bond acceptors (Lipinski definition) is 0.